The van der Waals surface area contributed by atoms with E-state index in [1.54, 1.807) is 34.1 Å². The molecule has 0 spiro atoms. The molecule has 1 aliphatic rings. The molecule has 1 saturated heterocycles. The van der Waals surface area contributed by atoms with Crippen LogP contribution in [0.2, 0.25) is 0 Å². The molecule has 10 heteroatoms. The summed E-state index contributed by atoms with van der Waals surface area (Å²) in [5.41, 5.74) is 1.42. The number of H-pyrrole nitrogens is 1. The lowest BCUT2D eigenvalue weighted by Crippen LogP contribution is -2.52. The molecule has 1 aliphatic heterocycles. The minimum atomic E-state index is -0.561. The lowest BCUT2D eigenvalue weighted by molar-refractivity contribution is -0.135. The van der Waals surface area contributed by atoms with Crippen molar-refractivity contribution in [2.75, 3.05) is 39.9 Å². The Labute approximate surface area is 202 Å². The van der Waals surface area contributed by atoms with Crippen LogP contribution in [0.5, 0.6) is 11.5 Å². The van der Waals surface area contributed by atoms with Gasteiger partial charge in [0.1, 0.15) is 17.2 Å². The van der Waals surface area contributed by atoms with Crippen LogP contribution in [0.25, 0.3) is 22.4 Å². The predicted octanol–water partition coefficient (Wildman–Crippen LogP) is 3.84. The number of rotatable bonds is 5. The molecule has 0 radical (unpaired) electrons. The number of ether oxygens (including phenoxy) is 3. The van der Waals surface area contributed by atoms with Crippen molar-refractivity contribution in [3.63, 3.8) is 0 Å². The topological polar surface area (TPSA) is 97.0 Å². The molecule has 0 saturated carbocycles. The highest BCUT2D eigenvalue weighted by Crippen LogP contribution is 2.32. The summed E-state index contributed by atoms with van der Waals surface area (Å²) in [4.78, 5) is 35.7. The van der Waals surface area contributed by atoms with E-state index in [4.69, 9.17) is 14.2 Å². The molecule has 9 nitrogen and oxygen atoms in total. The van der Waals surface area contributed by atoms with E-state index >= 15 is 0 Å². The number of fused-ring (bicyclic) bond motifs is 1. The molecule has 1 N–H and O–H groups in total. The average molecular weight is 485 g/mol. The van der Waals surface area contributed by atoms with Crippen LogP contribution in [-0.4, -0.2) is 77.3 Å². The fourth-order valence-corrected chi connectivity index (χ4v) is 3.75. The van der Waals surface area contributed by atoms with Crippen molar-refractivity contribution in [3.8, 4) is 22.9 Å². The molecule has 3 aromatic rings. The molecule has 0 atom stereocenters. The summed E-state index contributed by atoms with van der Waals surface area (Å²) in [5.74, 6) is 0.898. The van der Waals surface area contributed by atoms with E-state index in [0.717, 1.165) is 5.56 Å². The first-order chi connectivity index (χ1) is 16.6. The molecule has 186 valence electrons. The van der Waals surface area contributed by atoms with Gasteiger partial charge in [-0.3, -0.25) is 4.79 Å². The Bertz CT molecular complexity index is 1230. The van der Waals surface area contributed by atoms with Gasteiger partial charge in [0.15, 0.2) is 18.1 Å². The molecule has 0 unspecified atom stereocenters. The molecule has 2 amide bonds. The summed E-state index contributed by atoms with van der Waals surface area (Å²) in [7, 11) is 1.51. The summed E-state index contributed by atoms with van der Waals surface area (Å²) >= 11 is 0. The van der Waals surface area contributed by atoms with Crippen molar-refractivity contribution in [2.45, 2.75) is 26.4 Å². The number of piperazine rings is 1. The standard InChI is InChI=1S/C25H29FN4O5/c1-25(2,3)35-24(32)30-11-9-29(10-12-30)22(31)15-34-20-8-5-16(13-21(20)33-4)23-27-18-7-6-17(26)14-19(18)28-23/h5-8,13-14H,9-12,15H2,1-4H3,(H,27,28). The second-order valence-corrected chi connectivity index (χ2v) is 9.25. The molecule has 1 fully saturated rings. The predicted molar refractivity (Wildman–Crippen MR) is 128 cm³/mol. The Balaban J connectivity index is 1.35. The maximum Gasteiger partial charge on any atom is 0.410 e. The van der Waals surface area contributed by atoms with Crippen LogP contribution < -0.4 is 9.47 Å². The van der Waals surface area contributed by atoms with E-state index in [9.17, 15) is 14.0 Å². The summed E-state index contributed by atoms with van der Waals surface area (Å²) in [6, 6.07) is 9.59. The van der Waals surface area contributed by atoms with Gasteiger partial charge < -0.3 is 29.0 Å². The van der Waals surface area contributed by atoms with Gasteiger partial charge >= 0.3 is 6.09 Å². The van der Waals surface area contributed by atoms with Gasteiger partial charge in [-0.25, -0.2) is 14.2 Å². The van der Waals surface area contributed by atoms with E-state index in [2.05, 4.69) is 9.97 Å². The van der Waals surface area contributed by atoms with Gasteiger partial charge in [-0.1, -0.05) is 0 Å². The van der Waals surface area contributed by atoms with Gasteiger partial charge in [-0.15, -0.1) is 0 Å². The number of nitrogens with zero attached hydrogens (tertiary/aromatic N) is 3. The lowest BCUT2D eigenvalue weighted by Gasteiger charge is -2.35. The van der Waals surface area contributed by atoms with Crippen LogP contribution in [0.1, 0.15) is 20.8 Å². The fraction of sp³-hybridized carbons (Fsp3) is 0.400. The highest BCUT2D eigenvalue weighted by Gasteiger charge is 2.28. The normalized spacial score (nSPS) is 14.2. The minimum Gasteiger partial charge on any atom is -0.493 e. The van der Waals surface area contributed by atoms with E-state index in [-0.39, 0.29) is 24.4 Å². The number of aromatic nitrogens is 2. The zero-order valence-corrected chi connectivity index (χ0v) is 20.3. The van der Waals surface area contributed by atoms with Crippen molar-refractivity contribution in [2.24, 2.45) is 0 Å². The zero-order valence-electron chi connectivity index (χ0n) is 20.3. The van der Waals surface area contributed by atoms with Gasteiger partial charge in [0.05, 0.1) is 18.1 Å². The van der Waals surface area contributed by atoms with E-state index in [1.807, 2.05) is 20.8 Å². The Hall–Kier alpha value is -3.82. The van der Waals surface area contributed by atoms with Crippen molar-refractivity contribution in [3.05, 3.63) is 42.2 Å². The first-order valence-corrected chi connectivity index (χ1v) is 11.3. The molecule has 1 aromatic heterocycles. The molecule has 2 aromatic carbocycles. The van der Waals surface area contributed by atoms with E-state index < -0.39 is 5.60 Å². The summed E-state index contributed by atoms with van der Waals surface area (Å²) in [5, 5.41) is 0. The summed E-state index contributed by atoms with van der Waals surface area (Å²) < 4.78 is 30.1. The van der Waals surface area contributed by atoms with Crippen molar-refractivity contribution in [1.82, 2.24) is 19.8 Å². The van der Waals surface area contributed by atoms with Crippen LogP contribution in [0, 0.1) is 5.82 Å². The monoisotopic (exact) mass is 484 g/mol. The molecule has 0 aliphatic carbocycles. The number of carbonyl (C=O) groups excluding carboxylic acids is 2. The number of methoxy groups -OCH3 is 1. The highest BCUT2D eigenvalue weighted by atomic mass is 19.1. The largest absolute Gasteiger partial charge is 0.493 e. The average Bonchev–Trinajstić information content (AvgIpc) is 3.24. The number of imidazole rings is 1. The van der Waals surface area contributed by atoms with Crippen LogP contribution >= 0.6 is 0 Å². The molecule has 2 heterocycles. The third kappa shape index (κ3) is 5.82. The van der Waals surface area contributed by atoms with Crippen molar-refractivity contribution >= 4 is 23.0 Å². The third-order valence-electron chi connectivity index (χ3n) is 5.52. The SMILES string of the molecule is COc1cc(-c2nc3ccc(F)cc3[nH]2)ccc1OCC(=O)N1CCN(C(=O)OC(C)(C)C)CC1. The van der Waals surface area contributed by atoms with Gasteiger partial charge in [-0.05, 0) is 57.2 Å². The second kappa shape index (κ2) is 9.81. The Kier molecular flexibility index (Phi) is 6.81. The molecule has 4 rings (SSSR count). The first-order valence-electron chi connectivity index (χ1n) is 11.3. The van der Waals surface area contributed by atoms with Crippen LogP contribution in [-0.2, 0) is 9.53 Å². The smallest absolute Gasteiger partial charge is 0.410 e. The number of carbonyl (C=O) groups is 2. The minimum absolute atomic E-state index is 0.161. The fourth-order valence-electron chi connectivity index (χ4n) is 3.75. The van der Waals surface area contributed by atoms with Crippen molar-refractivity contribution < 1.29 is 28.2 Å². The van der Waals surface area contributed by atoms with E-state index in [0.29, 0.717) is 54.5 Å². The second-order valence-electron chi connectivity index (χ2n) is 9.25. The number of aromatic amines is 1. The maximum absolute atomic E-state index is 13.5. The molecular weight excluding hydrogens is 455 g/mol. The third-order valence-corrected chi connectivity index (χ3v) is 5.52. The molecule has 0 bridgehead atoms. The summed E-state index contributed by atoms with van der Waals surface area (Å²) in [6.07, 6.45) is -0.375. The first kappa shape index (κ1) is 24.3. The summed E-state index contributed by atoms with van der Waals surface area (Å²) in [6.45, 7) is 6.92. The number of amides is 2. The Morgan fingerprint density at radius 3 is 2.43 bits per heavy atom. The number of benzene rings is 2. The van der Waals surface area contributed by atoms with E-state index in [1.165, 1.54) is 19.2 Å². The van der Waals surface area contributed by atoms with Gasteiger partial charge in [0.2, 0.25) is 0 Å². The van der Waals surface area contributed by atoms with Crippen molar-refractivity contribution in [1.29, 1.82) is 0 Å². The quantitative estimate of drug-likeness (QED) is 0.591. The number of halogens is 1. The molecule has 35 heavy (non-hydrogen) atoms. The van der Waals surface area contributed by atoms with Crippen LogP contribution in [0.15, 0.2) is 36.4 Å². The van der Waals surface area contributed by atoms with Gasteiger partial charge in [-0.2, -0.15) is 0 Å². The highest BCUT2D eigenvalue weighted by molar-refractivity contribution is 5.80. The molecular formula is C25H29FN4O5. The number of nitrogens with one attached hydrogen (secondary N) is 1. The number of hydrogen-bond donors (Lipinski definition) is 1. The number of hydrogen-bond acceptors (Lipinski definition) is 6. The lowest BCUT2D eigenvalue weighted by atomic mass is 10.2. The Morgan fingerprint density at radius 1 is 1.03 bits per heavy atom. The Morgan fingerprint density at radius 2 is 1.74 bits per heavy atom. The van der Waals surface area contributed by atoms with Crippen LogP contribution in [0.3, 0.4) is 0 Å². The van der Waals surface area contributed by atoms with Gasteiger partial charge in [0.25, 0.3) is 5.91 Å². The maximum atomic E-state index is 13.5. The zero-order chi connectivity index (χ0) is 25.2. The van der Waals surface area contributed by atoms with Gasteiger partial charge in [0, 0.05) is 31.7 Å². The van der Waals surface area contributed by atoms with Crippen LogP contribution in [0.4, 0.5) is 9.18 Å².